The van der Waals surface area contributed by atoms with Crippen LogP contribution in [-0.2, 0) is 25.7 Å². The molecule has 0 fully saturated rings. The molecule has 0 aliphatic rings. The fraction of sp³-hybridized carbons (Fsp3) is 0.278. The van der Waals surface area contributed by atoms with Crippen molar-refractivity contribution in [1.29, 1.82) is 0 Å². The van der Waals surface area contributed by atoms with Gasteiger partial charge >= 0.3 is 11.9 Å². The van der Waals surface area contributed by atoms with E-state index in [1.165, 1.54) is 6.21 Å². The highest BCUT2D eigenvalue weighted by molar-refractivity contribution is 6.71. The Labute approximate surface area is 663 Å². The number of aliphatic hydroxyl groups excluding tert-OH is 1. The Morgan fingerprint density at radius 2 is 0.806 bits per heavy atom. The third kappa shape index (κ3) is 27.8. The number of carbonyl (C=O) groups excluding carboxylic acids is 5. The molecule has 9 aromatic rings. The van der Waals surface area contributed by atoms with E-state index >= 15 is 0 Å². The molecule has 0 saturated carbocycles. The zero-order valence-corrected chi connectivity index (χ0v) is 65.2. The third-order valence-corrected chi connectivity index (χ3v) is 17.2. The molecule has 0 bridgehead atoms. The Bertz CT molecular complexity index is 4190. The van der Waals surface area contributed by atoms with E-state index in [1.807, 2.05) is 41.5 Å². The molecule has 0 radical (unpaired) electrons. The second-order valence-electron chi connectivity index (χ2n) is 21.4. The van der Waals surface area contributed by atoms with Crippen molar-refractivity contribution in [3.63, 3.8) is 0 Å². The minimum absolute atomic E-state index is 0. The number of aldehydes is 2. The summed E-state index contributed by atoms with van der Waals surface area (Å²) in [5.74, 6) is 0.760. The first-order valence-electron chi connectivity index (χ1n) is 29.9. The number of aromatic nitrogens is 3. The van der Waals surface area contributed by atoms with Gasteiger partial charge in [-0.05, 0) is 86.6 Å². The highest BCUT2D eigenvalue weighted by Gasteiger charge is 2.30. The van der Waals surface area contributed by atoms with Gasteiger partial charge in [0.15, 0.2) is 23.5 Å². The van der Waals surface area contributed by atoms with E-state index in [2.05, 4.69) is 30.5 Å². The number of Topliss-reactive ketones (excluding diaryl/α,β-unsaturated/α-hetero) is 1. The number of ether oxygens (including phenoxy) is 2. The van der Waals surface area contributed by atoms with Crippen LogP contribution in [0.5, 0.6) is 0 Å². The van der Waals surface area contributed by atoms with E-state index < -0.39 is 11.9 Å². The minimum atomic E-state index is -0.492. The molecule has 0 unspecified atom stereocenters. The molecular formula is C72H74Cl13N5O13. The van der Waals surface area contributed by atoms with E-state index in [4.69, 9.17) is 180 Å². The molecule has 3 heterocycles. The fourth-order valence-electron chi connectivity index (χ4n) is 8.20. The lowest BCUT2D eigenvalue weighted by molar-refractivity contribution is -0.146. The SMILES string of the molecule is C.C.CC(C)c1onc(-c2c(Cl)cccc2Cl)c1C=O.CC(C)c1onc(-c2c(Cl)cccc2Cl)c1CO.CCOC(=O)CC(=O)C(C)C.CCOC(=O)c1c(-c2c(Cl)cccc2Cl)noc1C(C)C.O/N=C(/Cl)c1c(Cl)cccc1Cl.O/N=C\c1c(Cl)cccc1Cl.O=Cc1c(Cl)cccc1Cl. The molecule has 0 aliphatic carbocycles. The van der Waals surface area contributed by atoms with Crippen molar-refractivity contribution in [2.45, 2.75) is 115 Å². The predicted molar refractivity (Wildman–Crippen MR) is 418 cm³/mol. The van der Waals surface area contributed by atoms with Gasteiger partial charge in [-0.1, -0.05) is 283 Å². The van der Waals surface area contributed by atoms with Crippen LogP contribution in [0.25, 0.3) is 33.8 Å². The van der Waals surface area contributed by atoms with Gasteiger partial charge in [0.05, 0.1) is 103 Å². The number of ketones is 1. The number of esters is 2. The van der Waals surface area contributed by atoms with Gasteiger partial charge in [0, 0.05) is 51.5 Å². The number of hydrogen-bond acceptors (Lipinski definition) is 18. The van der Waals surface area contributed by atoms with Crippen molar-refractivity contribution in [2.24, 2.45) is 16.2 Å². The van der Waals surface area contributed by atoms with Crippen molar-refractivity contribution in [1.82, 2.24) is 15.5 Å². The summed E-state index contributed by atoms with van der Waals surface area (Å²) in [6.07, 6.45) is 2.47. The summed E-state index contributed by atoms with van der Waals surface area (Å²) in [6.45, 7) is 19.0. The maximum atomic E-state index is 12.2. The average Bonchev–Trinajstić information content (AvgIpc) is 1.68. The highest BCUT2D eigenvalue weighted by Crippen LogP contribution is 2.41. The van der Waals surface area contributed by atoms with Gasteiger partial charge in [0.2, 0.25) is 0 Å². The summed E-state index contributed by atoms with van der Waals surface area (Å²) in [6, 6.07) is 30.3. The Kier molecular flexibility index (Phi) is 44.0. The lowest BCUT2D eigenvalue weighted by Crippen LogP contribution is -2.15. The van der Waals surface area contributed by atoms with Crippen molar-refractivity contribution in [3.8, 4) is 33.8 Å². The van der Waals surface area contributed by atoms with Gasteiger partial charge in [-0.15, -0.1) is 0 Å². The van der Waals surface area contributed by atoms with Crippen LogP contribution in [0.15, 0.2) is 133 Å². The number of halogens is 13. The Balaban J connectivity index is 0.000000609. The quantitative estimate of drug-likeness (QED) is 0.0191. The van der Waals surface area contributed by atoms with Crippen LogP contribution < -0.4 is 0 Å². The van der Waals surface area contributed by atoms with E-state index in [0.717, 1.165) is 6.29 Å². The predicted octanol–water partition coefficient (Wildman–Crippen LogP) is 25.2. The van der Waals surface area contributed by atoms with Crippen LogP contribution in [-0.4, -0.2) is 85.9 Å². The second-order valence-corrected chi connectivity index (χ2v) is 26.7. The van der Waals surface area contributed by atoms with Crippen LogP contribution in [0.4, 0.5) is 0 Å². The molecule has 103 heavy (non-hydrogen) atoms. The number of rotatable bonds is 17. The van der Waals surface area contributed by atoms with E-state index in [-0.39, 0.29) is 74.7 Å². The summed E-state index contributed by atoms with van der Waals surface area (Å²) in [7, 11) is 0. The molecule has 556 valence electrons. The monoisotopic (exact) mass is 1670 g/mol. The molecule has 0 amide bonds. The first-order chi connectivity index (χ1) is 47.8. The van der Waals surface area contributed by atoms with Gasteiger partial charge < -0.3 is 38.6 Å². The topological polar surface area (TPSA) is 267 Å². The van der Waals surface area contributed by atoms with Gasteiger partial charge in [-0.3, -0.25) is 19.2 Å². The second kappa shape index (κ2) is 47.9. The zero-order chi connectivity index (χ0) is 76.0. The molecule has 9 rings (SSSR count). The van der Waals surface area contributed by atoms with Gasteiger partial charge in [-0.25, -0.2) is 4.79 Å². The van der Waals surface area contributed by atoms with Crippen LogP contribution in [0.1, 0.15) is 173 Å². The lowest BCUT2D eigenvalue weighted by atomic mass is 10.0. The van der Waals surface area contributed by atoms with E-state index in [0.29, 0.717) is 152 Å². The van der Waals surface area contributed by atoms with E-state index in [9.17, 15) is 29.1 Å². The molecule has 18 nitrogen and oxygen atoms in total. The Morgan fingerprint density at radius 1 is 0.466 bits per heavy atom. The van der Waals surface area contributed by atoms with Crippen LogP contribution in [0.2, 0.25) is 60.3 Å². The van der Waals surface area contributed by atoms with Gasteiger partial charge in [-0.2, -0.15) is 0 Å². The van der Waals surface area contributed by atoms with Crippen molar-refractivity contribution >= 4 is 192 Å². The Morgan fingerprint density at radius 3 is 1.16 bits per heavy atom. The van der Waals surface area contributed by atoms with Gasteiger partial charge in [0.25, 0.3) is 0 Å². The first kappa shape index (κ1) is 94.6. The summed E-state index contributed by atoms with van der Waals surface area (Å²) in [4.78, 5) is 55.4. The minimum Gasteiger partial charge on any atom is -0.466 e. The van der Waals surface area contributed by atoms with Crippen molar-refractivity contribution in [3.05, 3.63) is 220 Å². The number of hydrogen-bond donors (Lipinski definition) is 3. The zero-order valence-electron chi connectivity index (χ0n) is 55.3. The molecule has 0 spiro atoms. The lowest BCUT2D eigenvalue weighted by Gasteiger charge is -2.08. The van der Waals surface area contributed by atoms with Crippen LogP contribution in [0.3, 0.4) is 0 Å². The molecule has 0 aliphatic heterocycles. The molecule has 3 N–H and O–H groups in total. The van der Waals surface area contributed by atoms with E-state index in [1.54, 1.807) is 137 Å². The number of oxime groups is 2. The molecular weight excluding hydrogens is 1600 g/mol. The molecule has 0 atom stereocenters. The maximum absolute atomic E-state index is 12.2. The number of aliphatic hydroxyl groups is 1. The molecule has 3 aromatic heterocycles. The standard InChI is InChI=1S/C15H15Cl2NO3.C13H13Cl2NO2.C13H11Cl2NO2.C8H14O3.C7H4Cl3NO.C7H5Cl2NO.C7H4Cl2O.2CH4/c1-4-20-15(19)12-13(18-21-14(12)8(2)3)11-9(16)6-5-7-10(11)17;2*1-7(2)13-8(6-17)12(16-18-13)11-9(14)4-3-5-10(11)15;1-4-11-8(10)5-7(9)6(2)3;8-4-2-1-3-5(9)6(4)7(10)11-12;8-6-2-1-3-7(9)5(6)4-10-11;8-6-2-1-3-7(9)5(6)4-10;;/h5-8H,4H2,1-3H3;3-5,7,17H,6H2,1-2H3;3-7H,1-2H3;6H,4-5H2,1-3H3;1-3,12H;1-4,11H;1-4H;2*1H4/b;;;;11-7+;10-4-;;;. The number of nitrogens with zero attached hydrogens (tertiary/aromatic N) is 5. The first-order valence-corrected chi connectivity index (χ1v) is 34.8. The number of benzene rings is 6. The molecule has 0 saturated heterocycles. The third-order valence-electron chi connectivity index (χ3n) is 13.0. The summed E-state index contributed by atoms with van der Waals surface area (Å²) >= 11 is 76.5. The fourth-order valence-corrected chi connectivity index (χ4v) is 11.8. The maximum Gasteiger partial charge on any atom is 0.344 e. The summed E-state index contributed by atoms with van der Waals surface area (Å²) < 4.78 is 25.5. The smallest absolute Gasteiger partial charge is 0.344 e. The van der Waals surface area contributed by atoms with Crippen LogP contribution >= 0.6 is 151 Å². The van der Waals surface area contributed by atoms with Crippen molar-refractivity contribution in [2.75, 3.05) is 13.2 Å². The summed E-state index contributed by atoms with van der Waals surface area (Å²) in [5, 5.41) is 48.6. The highest BCUT2D eigenvalue weighted by atomic mass is 35.5. The van der Waals surface area contributed by atoms with Crippen LogP contribution in [0, 0.1) is 5.92 Å². The Hall–Kier alpha value is -6.43. The molecule has 6 aromatic carbocycles. The largest absolute Gasteiger partial charge is 0.466 e. The normalized spacial score (nSPS) is 10.6. The summed E-state index contributed by atoms with van der Waals surface area (Å²) in [5.41, 5.74) is 5.35. The number of carbonyl (C=O) groups is 5. The average molecular weight is 1680 g/mol. The molecule has 31 heteroatoms. The van der Waals surface area contributed by atoms with Crippen molar-refractivity contribution < 1.29 is 62.5 Å². The van der Waals surface area contributed by atoms with Gasteiger partial charge in [0.1, 0.15) is 46.4 Å².